The molecule has 2 aromatic rings. The van der Waals surface area contributed by atoms with Gasteiger partial charge in [-0.15, -0.1) is 12.4 Å². The van der Waals surface area contributed by atoms with Crippen LogP contribution in [0.2, 0.25) is 0 Å². The molecule has 2 aliphatic rings. The molecule has 182 valence electrons. The molecule has 2 fully saturated rings. The van der Waals surface area contributed by atoms with E-state index in [0.717, 1.165) is 16.7 Å². The fraction of sp³-hybridized carbons (Fsp3) is 0.565. The van der Waals surface area contributed by atoms with E-state index in [2.05, 4.69) is 0 Å². The summed E-state index contributed by atoms with van der Waals surface area (Å²) in [6, 6.07) is 6.78. The summed E-state index contributed by atoms with van der Waals surface area (Å²) >= 11 is 0. The molecule has 1 aromatic carbocycles. The van der Waals surface area contributed by atoms with E-state index in [1.165, 1.54) is 0 Å². The number of benzene rings is 1. The van der Waals surface area contributed by atoms with Crippen molar-refractivity contribution in [2.75, 3.05) is 33.3 Å². The Balaban J connectivity index is 0.00000306. The molecule has 1 saturated heterocycles. The van der Waals surface area contributed by atoms with E-state index in [-0.39, 0.29) is 55.8 Å². The zero-order valence-corrected chi connectivity index (χ0v) is 19.7. The molecule has 0 bridgehead atoms. The Morgan fingerprint density at radius 3 is 2.30 bits per heavy atom. The predicted octanol–water partition coefficient (Wildman–Crippen LogP) is 3.05. The van der Waals surface area contributed by atoms with Gasteiger partial charge in [0.1, 0.15) is 11.4 Å². The van der Waals surface area contributed by atoms with Crippen molar-refractivity contribution >= 4 is 35.1 Å². The fourth-order valence-corrected chi connectivity index (χ4v) is 4.77. The smallest absolute Gasteiger partial charge is 0.270 e. The van der Waals surface area contributed by atoms with Crippen LogP contribution in [0.5, 0.6) is 5.75 Å². The van der Waals surface area contributed by atoms with Crippen LogP contribution < -0.4 is 10.5 Å². The van der Waals surface area contributed by atoms with E-state index >= 15 is 0 Å². The van der Waals surface area contributed by atoms with Crippen molar-refractivity contribution in [2.45, 2.75) is 37.6 Å². The monoisotopic (exact) mass is 484 g/mol. The van der Waals surface area contributed by atoms with Crippen LogP contribution in [0.25, 0.3) is 10.9 Å². The van der Waals surface area contributed by atoms with Gasteiger partial charge < -0.3 is 24.8 Å². The van der Waals surface area contributed by atoms with E-state index < -0.39 is 12.0 Å². The van der Waals surface area contributed by atoms with Crippen LogP contribution in [0.1, 0.15) is 36.2 Å². The number of aryl methyl sites for hydroxylation is 1. The van der Waals surface area contributed by atoms with Crippen LogP contribution in [0, 0.1) is 5.92 Å². The van der Waals surface area contributed by atoms with Crippen LogP contribution >= 0.6 is 12.4 Å². The molecule has 2 heterocycles. The number of fused-ring (bicyclic) bond motifs is 1. The third kappa shape index (κ3) is 5.09. The average molecular weight is 485 g/mol. The highest BCUT2D eigenvalue weighted by Crippen LogP contribution is 2.37. The van der Waals surface area contributed by atoms with Crippen LogP contribution in [0.3, 0.4) is 0 Å². The number of nitrogens with two attached hydrogens (primary N) is 1. The Hall–Kier alpha value is -2.39. The number of hydrogen-bond donors (Lipinski definition) is 1. The number of piperazine rings is 1. The normalized spacial score (nSPS) is 19.8. The van der Waals surface area contributed by atoms with E-state index in [0.29, 0.717) is 31.9 Å². The predicted molar refractivity (Wildman–Crippen MR) is 124 cm³/mol. The minimum Gasteiger partial charge on any atom is -0.497 e. The number of hydrogen-bond acceptors (Lipinski definition) is 4. The van der Waals surface area contributed by atoms with Crippen molar-refractivity contribution in [3.8, 4) is 5.75 Å². The molecule has 2 amide bonds. The van der Waals surface area contributed by atoms with Gasteiger partial charge in [0, 0.05) is 57.5 Å². The van der Waals surface area contributed by atoms with Crippen LogP contribution in [0.15, 0.2) is 24.3 Å². The van der Waals surface area contributed by atoms with Gasteiger partial charge in [0.25, 0.3) is 5.91 Å². The van der Waals surface area contributed by atoms with E-state index in [4.69, 9.17) is 10.5 Å². The second-order valence-electron chi connectivity index (χ2n) is 8.85. The summed E-state index contributed by atoms with van der Waals surface area (Å²) in [6.45, 7) is 1.59. The van der Waals surface area contributed by atoms with E-state index in [9.17, 15) is 18.4 Å². The molecule has 0 spiro atoms. The molecule has 1 aromatic heterocycles. The molecule has 33 heavy (non-hydrogen) atoms. The van der Waals surface area contributed by atoms with Crippen molar-refractivity contribution < 1.29 is 23.1 Å². The largest absolute Gasteiger partial charge is 0.497 e. The summed E-state index contributed by atoms with van der Waals surface area (Å²) in [5, 5.41) is 0.953. The summed E-state index contributed by atoms with van der Waals surface area (Å²) in [5.41, 5.74) is 7.64. The van der Waals surface area contributed by atoms with Gasteiger partial charge in [-0.1, -0.05) is 0 Å². The lowest BCUT2D eigenvalue weighted by molar-refractivity contribution is -0.136. The van der Waals surface area contributed by atoms with E-state index in [1.54, 1.807) is 16.9 Å². The number of aromatic nitrogens is 1. The second kappa shape index (κ2) is 9.85. The number of nitrogens with zero attached hydrogens (tertiary/aromatic N) is 3. The molecular weight excluding hydrogens is 454 g/mol. The van der Waals surface area contributed by atoms with Gasteiger partial charge in [-0.05, 0) is 37.0 Å². The number of carbonyl (C=O) groups excluding carboxylic acids is 2. The minimum absolute atomic E-state index is 0. The second-order valence-corrected chi connectivity index (χ2v) is 8.85. The molecular formula is C23H31ClF2N4O3. The Kier molecular flexibility index (Phi) is 7.53. The third-order valence-electron chi connectivity index (χ3n) is 6.91. The number of carbonyl (C=O) groups is 2. The average Bonchev–Trinajstić information content (AvgIpc) is 3.13. The van der Waals surface area contributed by atoms with Crippen LogP contribution in [-0.2, 0) is 11.8 Å². The maximum absolute atomic E-state index is 13.4. The summed E-state index contributed by atoms with van der Waals surface area (Å²) in [5.74, 6) is -2.42. The van der Waals surface area contributed by atoms with Gasteiger partial charge in [0.15, 0.2) is 0 Å². The lowest BCUT2D eigenvalue weighted by Crippen LogP contribution is -2.56. The fourth-order valence-electron chi connectivity index (χ4n) is 4.77. The zero-order chi connectivity index (χ0) is 23.0. The quantitative estimate of drug-likeness (QED) is 0.723. The summed E-state index contributed by atoms with van der Waals surface area (Å²) in [7, 11) is 3.45. The number of amides is 2. The summed E-state index contributed by atoms with van der Waals surface area (Å²) < 4.78 is 33.9. The molecule has 1 aliphatic heterocycles. The molecule has 2 N–H and O–H groups in total. The Labute approximate surface area is 198 Å². The maximum atomic E-state index is 13.4. The van der Waals surface area contributed by atoms with Gasteiger partial charge in [0.2, 0.25) is 11.8 Å². The SMILES string of the molecule is COc1ccc2cc(C(=O)N3CCN(C(=O)C(N)C4CCC(F)(F)CC4)CC3)n(C)c2c1.Cl. The first-order chi connectivity index (χ1) is 15.2. The standard InChI is InChI=1S/C23H30F2N4O3.ClH/c1-27-18-14-17(32-2)4-3-16(18)13-19(27)21(30)28-9-11-29(12-10-28)22(31)20(26)15-5-7-23(24,25)8-6-15;/h3-4,13-15,20H,5-12,26H2,1-2H3;1H. The molecule has 1 saturated carbocycles. The van der Waals surface area contributed by atoms with Gasteiger partial charge in [-0.25, -0.2) is 8.78 Å². The van der Waals surface area contributed by atoms with Crippen molar-refractivity contribution in [1.82, 2.24) is 14.4 Å². The highest BCUT2D eigenvalue weighted by molar-refractivity contribution is 5.99. The highest BCUT2D eigenvalue weighted by atomic mass is 35.5. The Bertz CT molecular complexity index is 1010. The van der Waals surface area contributed by atoms with Gasteiger partial charge in [-0.3, -0.25) is 9.59 Å². The maximum Gasteiger partial charge on any atom is 0.270 e. The molecule has 4 rings (SSSR count). The first-order valence-electron chi connectivity index (χ1n) is 11.0. The first kappa shape index (κ1) is 25.2. The number of rotatable bonds is 4. The van der Waals surface area contributed by atoms with Crippen molar-refractivity contribution in [3.63, 3.8) is 0 Å². The first-order valence-corrected chi connectivity index (χ1v) is 11.0. The number of halogens is 3. The number of methoxy groups -OCH3 is 1. The Morgan fingerprint density at radius 2 is 1.70 bits per heavy atom. The van der Waals surface area contributed by atoms with Gasteiger partial charge in [0.05, 0.1) is 18.7 Å². The van der Waals surface area contributed by atoms with Crippen molar-refractivity contribution in [2.24, 2.45) is 18.7 Å². The number of ether oxygens (including phenoxy) is 1. The molecule has 10 heteroatoms. The van der Waals surface area contributed by atoms with Crippen LogP contribution in [0.4, 0.5) is 8.78 Å². The van der Waals surface area contributed by atoms with Gasteiger partial charge in [-0.2, -0.15) is 0 Å². The van der Waals surface area contributed by atoms with E-state index in [1.807, 2.05) is 35.9 Å². The van der Waals surface area contributed by atoms with Crippen LogP contribution in [-0.4, -0.2) is 71.4 Å². The lowest BCUT2D eigenvalue weighted by Gasteiger charge is -2.38. The molecule has 0 radical (unpaired) electrons. The lowest BCUT2D eigenvalue weighted by atomic mass is 9.82. The topological polar surface area (TPSA) is 80.8 Å². The Morgan fingerprint density at radius 1 is 1.09 bits per heavy atom. The number of alkyl halides is 2. The molecule has 1 atom stereocenters. The minimum atomic E-state index is -2.64. The molecule has 1 aliphatic carbocycles. The van der Waals surface area contributed by atoms with Crippen molar-refractivity contribution in [3.05, 3.63) is 30.0 Å². The zero-order valence-electron chi connectivity index (χ0n) is 18.9. The third-order valence-corrected chi connectivity index (χ3v) is 6.91. The summed E-state index contributed by atoms with van der Waals surface area (Å²) in [6.07, 6.45) is 0.115. The summed E-state index contributed by atoms with van der Waals surface area (Å²) in [4.78, 5) is 29.4. The molecule has 7 nitrogen and oxygen atoms in total. The molecule has 1 unspecified atom stereocenters. The highest BCUT2D eigenvalue weighted by Gasteiger charge is 2.40. The van der Waals surface area contributed by atoms with Crippen molar-refractivity contribution in [1.29, 1.82) is 0 Å². The van der Waals surface area contributed by atoms with Gasteiger partial charge >= 0.3 is 0 Å².